The van der Waals surface area contributed by atoms with E-state index in [1.165, 1.54) is 6.07 Å². The average Bonchev–Trinajstić information content (AvgIpc) is 3.12. The molecule has 2 aromatic carbocycles. The smallest absolute Gasteiger partial charge is 0.388 e. The minimum absolute atomic E-state index is 0.00466. The number of alkyl halides is 3. The van der Waals surface area contributed by atoms with Crippen LogP contribution in [0.1, 0.15) is 46.3 Å². The Morgan fingerprint density at radius 1 is 1.10 bits per heavy atom. The molecule has 152 valence electrons. The molecule has 2 aliphatic rings. The number of benzene rings is 2. The minimum Gasteiger partial charge on any atom is -0.388 e. The molecule has 0 N–H and O–H groups in total. The van der Waals surface area contributed by atoms with E-state index in [1.54, 1.807) is 11.0 Å². The van der Waals surface area contributed by atoms with Gasteiger partial charge in [-0.15, -0.1) is 0 Å². The molecule has 0 bridgehead atoms. The second kappa shape index (κ2) is 7.21. The predicted molar refractivity (Wildman–Crippen MR) is 103 cm³/mol. The third-order valence-electron chi connectivity index (χ3n) is 5.70. The normalized spacial score (nSPS) is 18.5. The lowest BCUT2D eigenvalue weighted by atomic mass is 9.85. The van der Waals surface area contributed by atoms with Gasteiger partial charge in [0.1, 0.15) is 5.60 Å². The molecular weight excluding hydrogens is 381 g/mol. The van der Waals surface area contributed by atoms with Crippen LogP contribution in [-0.2, 0) is 11.0 Å². The molecule has 0 radical (unpaired) electrons. The van der Waals surface area contributed by atoms with Crippen LogP contribution >= 0.6 is 0 Å². The number of oxime groups is 1. The monoisotopic (exact) mass is 402 g/mol. The summed E-state index contributed by atoms with van der Waals surface area (Å²) < 4.78 is 38.9. The van der Waals surface area contributed by atoms with Gasteiger partial charge in [-0.1, -0.05) is 35.5 Å². The highest BCUT2D eigenvalue weighted by Crippen LogP contribution is 2.37. The van der Waals surface area contributed by atoms with Gasteiger partial charge in [0.15, 0.2) is 0 Å². The molecule has 1 saturated heterocycles. The Morgan fingerprint density at radius 2 is 1.83 bits per heavy atom. The summed E-state index contributed by atoms with van der Waals surface area (Å²) in [5, 5.41) is 4.09. The maximum Gasteiger partial charge on any atom is 0.416 e. The number of hydrogen-bond acceptors (Lipinski definition) is 3. The molecule has 29 heavy (non-hydrogen) atoms. The van der Waals surface area contributed by atoms with Gasteiger partial charge in [-0.3, -0.25) is 4.79 Å². The van der Waals surface area contributed by atoms with E-state index in [0.717, 1.165) is 17.7 Å². The van der Waals surface area contributed by atoms with Crippen LogP contribution in [0.4, 0.5) is 13.2 Å². The van der Waals surface area contributed by atoms with Gasteiger partial charge in [0.25, 0.3) is 5.91 Å². The molecule has 4 rings (SSSR count). The Bertz CT molecular complexity index is 961. The standard InChI is InChI=1S/C22H21F3N2O2/c1-15-5-2-3-8-18(15)20(28)27-11-9-21(10-12-27)14-19(26-29-21)16-6-4-7-17(13-16)22(23,24)25/h2-8,13H,9-12,14H2,1H3. The molecule has 2 aliphatic heterocycles. The first-order chi connectivity index (χ1) is 13.8. The first kappa shape index (κ1) is 19.5. The molecule has 4 nitrogen and oxygen atoms in total. The number of carbonyl (C=O) groups excluding carboxylic acids is 1. The first-order valence-electron chi connectivity index (χ1n) is 9.55. The maximum absolute atomic E-state index is 13.0. The van der Waals surface area contributed by atoms with Crippen LogP contribution in [0.3, 0.4) is 0 Å². The lowest BCUT2D eigenvalue weighted by Crippen LogP contribution is -2.47. The molecule has 7 heteroatoms. The Morgan fingerprint density at radius 3 is 2.52 bits per heavy atom. The van der Waals surface area contributed by atoms with Crippen molar-refractivity contribution in [1.29, 1.82) is 0 Å². The zero-order valence-corrected chi connectivity index (χ0v) is 16.0. The summed E-state index contributed by atoms with van der Waals surface area (Å²) in [6, 6.07) is 12.6. The summed E-state index contributed by atoms with van der Waals surface area (Å²) in [6.45, 7) is 2.96. The van der Waals surface area contributed by atoms with Gasteiger partial charge in [0.2, 0.25) is 0 Å². The SMILES string of the molecule is Cc1ccccc1C(=O)N1CCC2(CC1)CC(c1cccc(C(F)(F)F)c1)=NO2. The van der Waals surface area contributed by atoms with Crippen molar-refractivity contribution in [1.82, 2.24) is 4.90 Å². The van der Waals surface area contributed by atoms with Gasteiger partial charge in [0, 0.05) is 43.5 Å². The molecule has 0 aromatic heterocycles. The lowest BCUT2D eigenvalue weighted by Gasteiger charge is -2.37. The van der Waals surface area contributed by atoms with E-state index >= 15 is 0 Å². The van der Waals surface area contributed by atoms with Crippen molar-refractivity contribution < 1.29 is 22.8 Å². The van der Waals surface area contributed by atoms with E-state index in [0.29, 0.717) is 49.2 Å². The van der Waals surface area contributed by atoms with E-state index in [4.69, 9.17) is 4.84 Å². The highest BCUT2D eigenvalue weighted by molar-refractivity contribution is 6.02. The number of amides is 1. The highest BCUT2D eigenvalue weighted by atomic mass is 19.4. The molecule has 0 aliphatic carbocycles. The molecule has 2 heterocycles. The number of aryl methyl sites for hydroxylation is 1. The molecular formula is C22H21F3N2O2. The summed E-state index contributed by atoms with van der Waals surface area (Å²) in [6.07, 6.45) is -2.76. The largest absolute Gasteiger partial charge is 0.416 e. The second-order valence-corrected chi connectivity index (χ2v) is 7.67. The zero-order valence-electron chi connectivity index (χ0n) is 16.0. The summed E-state index contributed by atoms with van der Waals surface area (Å²) in [7, 11) is 0. The fourth-order valence-corrected chi connectivity index (χ4v) is 3.92. The van der Waals surface area contributed by atoms with Gasteiger partial charge in [-0.25, -0.2) is 0 Å². The third kappa shape index (κ3) is 3.86. The summed E-state index contributed by atoms with van der Waals surface area (Å²) in [5.41, 5.74) is 1.33. The molecule has 0 atom stereocenters. The maximum atomic E-state index is 13.0. The fourth-order valence-electron chi connectivity index (χ4n) is 3.92. The average molecular weight is 402 g/mol. The molecule has 0 unspecified atom stereocenters. The van der Waals surface area contributed by atoms with Crippen LogP contribution < -0.4 is 0 Å². The van der Waals surface area contributed by atoms with E-state index in [-0.39, 0.29) is 5.91 Å². The predicted octanol–water partition coefficient (Wildman–Crippen LogP) is 4.81. The number of carbonyl (C=O) groups is 1. The van der Waals surface area contributed by atoms with Gasteiger partial charge in [0.05, 0.1) is 11.3 Å². The van der Waals surface area contributed by atoms with Crippen molar-refractivity contribution in [2.75, 3.05) is 13.1 Å². The van der Waals surface area contributed by atoms with E-state index in [1.807, 2.05) is 31.2 Å². The topological polar surface area (TPSA) is 41.9 Å². The molecule has 1 fully saturated rings. The van der Waals surface area contributed by atoms with Crippen molar-refractivity contribution in [3.63, 3.8) is 0 Å². The van der Waals surface area contributed by atoms with Crippen LogP contribution in [0.15, 0.2) is 53.7 Å². The van der Waals surface area contributed by atoms with Crippen LogP contribution in [0.25, 0.3) is 0 Å². The summed E-state index contributed by atoms with van der Waals surface area (Å²) in [4.78, 5) is 20.3. The van der Waals surface area contributed by atoms with Crippen molar-refractivity contribution >= 4 is 11.6 Å². The van der Waals surface area contributed by atoms with Gasteiger partial charge in [-0.05, 0) is 30.7 Å². The van der Waals surface area contributed by atoms with Gasteiger partial charge in [-0.2, -0.15) is 13.2 Å². The van der Waals surface area contributed by atoms with Gasteiger partial charge >= 0.3 is 6.18 Å². The Labute approximate surface area is 167 Å². The number of likely N-dealkylation sites (tertiary alicyclic amines) is 1. The molecule has 2 aromatic rings. The number of piperidine rings is 1. The van der Waals surface area contributed by atoms with Crippen LogP contribution in [0, 0.1) is 6.92 Å². The van der Waals surface area contributed by atoms with E-state index in [2.05, 4.69) is 5.16 Å². The summed E-state index contributed by atoms with van der Waals surface area (Å²) in [5.74, 6) is -0.00466. The van der Waals surface area contributed by atoms with Crippen molar-refractivity contribution in [2.45, 2.75) is 38.0 Å². The fraction of sp³-hybridized carbons (Fsp3) is 0.364. The quantitative estimate of drug-likeness (QED) is 0.723. The lowest BCUT2D eigenvalue weighted by molar-refractivity contribution is -0.137. The van der Waals surface area contributed by atoms with E-state index in [9.17, 15) is 18.0 Å². The minimum atomic E-state index is -4.39. The Hall–Kier alpha value is -2.83. The highest BCUT2D eigenvalue weighted by Gasteiger charge is 2.43. The second-order valence-electron chi connectivity index (χ2n) is 7.67. The van der Waals surface area contributed by atoms with Crippen molar-refractivity contribution in [2.24, 2.45) is 5.16 Å². The number of halogens is 3. The first-order valence-corrected chi connectivity index (χ1v) is 9.55. The van der Waals surface area contributed by atoms with Gasteiger partial charge < -0.3 is 9.74 Å². The summed E-state index contributed by atoms with van der Waals surface area (Å²) >= 11 is 0. The number of rotatable bonds is 2. The van der Waals surface area contributed by atoms with Crippen LogP contribution in [0.5, 0.6) is 0 Å². The van der Waals surface area contributed by atoms with Crippen molar-refractivity contribution in [3.05, 3.63) is 70.8 Å². The zero-order chi connectivity index (χ0) is 20.6. The van der Waals surface area contributed by atoms with Crippen LogP contribution in [-0.4, -0.2) is 35.2 Å². The Balaban J connectivity index is 1.42. The van der Waals surface area contributed by atoms with Crippen molar-refractivity contribution in [3.8, 4) is 0 Å². The third-order valence-corrected chi connectivity index (χ3v) is 5.70. The molecule has 1 spiro atoms. The molecule has 1 amide bonds. The Kier molecular flexibility index (Phi) is 4.84. The van der Waals surface area contributed by atoms with Crippen LogP contribution in [0.2, 0.25) is 0 Å². The van der Waals surface area contributed by atoms with E-state index < -0.39 is 17.3 Å². The number of hydrogen-bond donors (Lipinski definition) is 0. The number of nitrogens with zero attached hydrogens (tertiary/aromatic N) is 2. The molecule has 0 saturated carbocycles.